The van der Waals surface area contributed by atoms with E-state index in [9.17, 15) is 9.18 Å². The molecule has 0 aliphatic heterocycles. The second-order valence-electron chi connectivity index (χ2n) is 5.47. The fourth-order valence-electron chi connectivity index (χ4n) is 2.24. The maximum atomic E-state index is 13.8. The standard InChI is InChI=1S/C18H15ClFN3O2S/c1-11-4-2-5-12(10-11)25-9-8-15-22-23-18(26-15)21-17(24)16-13(19)6-3-7-14(16)20/h2-7,10H,8-9H2,1H3,(H,21,23,24). The van der Waals surface area contributed by atoms with Gasteiger partial charge in [0.25, 0.3) is 5.91 Å². The lowest BCUT2D eigenvalue weighted by atomic mass is 10.2. The number of hydrogen-bond donors (Lipinski definition) is 1. The Morgan fingerprint density at radius 3 is 2.85 bits per heavy atom. The Labute approximate surface area is 158 Å². The van der Waals surface area contributed by atoms with Gasteiger partial charge in [-0.3, -0.25) is 10.1 Å². The predicted molar refractivity (Wildman–Crippen MR) is 99.7 cm³/mol. The molecule has 0 fully saturated rings. The molecule has 0 atom stereocenters. The average molecular weight is 392 g/mol. The van der Waals surface area contributed by atoms with Crippen LogP contribution in [0, 0.1) is 12.7 Å². The minimum atomic E-state index is -0.689. The molecule has 0 radical (unpaired) electrons. The summed E-state index contributed by atoms with van der Waals surface area (Å²) >= 11 is 7.09. The largest absolute Gasteiger partial charge is 0.493 e. The number of carbonyl (C=O) groups excluding carboxylic acids is 1. The van der Waals surface area contributed by atoms with Crippen LogP contribution in [0.25, 0.3) is 0 Å². The molecule has 134 valence electrons. The SMILES string of the molecule is Cc1cccc(OCCc2nnc(NC(=O)c3c(F)cccc3Cl)s2)c1. The Morgan fingerprint density at radius 2 is 2.08 bits per heavy atom. The van der Waals surface area contributed by atoms with Gasteiger partial charge < -0.3 is 4.74 Å². The normalized spacial score (nSPS) is 10.6. The summed E-state index contributed by atoms with van der Waals surface area (Å²) in [7, 11) is 0. The lowest BCUT2D eigenvalue weighted by molar-refractivity contribution is 0.102. The molecule has 2 aromatic carbocycles. The first kappa shape index (κ1) is 18.3. The third kappa shape index (κ3) is 4.56. The van der Waals surface area contributed by atoms with Gasteiger partial charge in [0.15, 0.2) is 0 Å². The van der Waals surface area contributed by atoms with Gasteiger partial charge in [-0.25, -0.2) is 4.39 Å². The second kappa shape index (κ2) is 8.25. The van der Waals surface area contributed by atoms with Crippen LogP contribution < -0.4 is 10.1 Å². The van der Waals surface area contributed by atoms with Gasteiger partial charge in [-0.05, 0) is 36.8 Å². The summed E-state index contributed by atoms with van der Waals surface area (Å²) in [6, 6.07) is 11.8. The zero-order chi connectivity index (χ0) is 18.5. The highest BCUT2D eigenvalue weighted by molar-refractivity contribution is 7.15. The van der Waals surface area contributed by atoms with E-state index < -0.39 is 11.7 Å². The van der Waals surface area contributed by atoms with Crippen LogP contribution in [0.1, 0.15) is 20.9 Å². The Bertz CT molecular complexity index is 912. The molecule has 26 heavy (non-hydrogen) atoms. The summed E-state index contributed by atoms with van der Waals surface area (Å²) in [5.41, 5.74) is 0.906. The van der Waals surface area contributed by atoms with Gasteiger partial charge in [-0.2, -0.15) is 0 Å². The van der Waals surface area contributed by atoms with Gasteiger partial charge >= 0.3 is 0 Å². The van der Waals surface area contributed by atoms with Crippen molar-refractivity contribution in [2.75, 3.05) is 11.9 Å². The number of anilines is 1. The van der Waals surface area contributed by atoms with E-state index in [4.69, 9.17) is 16.3 Å². The molecule has 1 aromatic heterocycles. The zero-order valence-electron chi connectivity index (χ0n) is 13.8. The van der Waals surface area contributed by atoms with E-state index in [2.05, 4.69) is 15.5 Å². The third-order valence-corrected chi connectivity index (χ3v) is 4.66. The molecule has 1 N–H and O–H groups in total. The number of amides is 1. The predicted octanol–water partition coefficient (Wildman–Crippen LogP) is 4.51. The summed E-state index contributed by atoms with van der Waals surface area (Å²) in [4.78, 5) is 12.2. The number of hydrogen-bond acceptors (Lipinski definition) is 5. The van der Waals surface area contributed by atoms with Crippen molar-refractivity contribution >= 4 is 34.0 Å². The summed E-state index contributed by atoms with van der Waals surface area (Å²) in [5.74, 6) is -0.560. The number of aromatic nitrogens is 2. The first-order chi connectivity index (χ1) is 12.5. The number of nitrogens with one attached hydrogen (secondary N) is 1. The van der Waals surface area contributed by atoms with Gasteiger partial charge in [0.05, 0.1) is 17.2 Å². The van der Waals surface area contributed by atoms with Crippen LogP contribution in [0.15, 0.2) is 42.5 Å². The maximum Gasteiger partial charge on any atom is 0.261 e. The molecular weight excluding hydrogens is 377 g/mol. The number of aryl methyl sites for hydroxylation is 1. The van der Waals surface area contributed by atoms with Crippen LogP contribution in [-0.2, 0) is 6.42 Å². The summed E-state index contributed by atoms with van der Waals surface area (Å²) < 4.78 is 19.4. The number of nitrogens with zero attached hydrogens (tertiary/aromatic N) is 2. The minimum Gasteiger partial charge on any atom is -0.493 e. The highest BCUT2D eigenvalue weighted by Crippen LogP contribution is 2.22. The summed E-state index contributed by atoms with van der Waals surface area (Å²) in [6.07, 6.45) is 0.544. The number of benzene rings is 2. The monoisotopic (exact) mass is 391 g/mol. The van der Waals surface area contributed by atoms with Crippen LogP contribution in [-0.4, -0.2) is 22.7 Å². The molecule has 0 aliphatic rings. The number of halogens is 2. The van der Waals surface area contributed by atoms with Crippen molar-refractivity contribution < 1.29 is 13.9 Å². The Kier molecular flexibility index (Phi) is 5.80. The van der Waals surface area contributed by atoms with Gasteiger partial charge in [0.2, 0.25) is 5.13 Å². The van der Waals surface area contributed by atoms with Crippen molar-refractivity contribution in [2.45, 2.75) is 13.3 Å². The molecule has 8 heteroatoms. The van der Waals surface area contributed by atoms with E-state index in [0.29, 0.717) is 18.0 Å². The Balaban J connectivity index is 1.57. The topological polar surface area (TPSA) is 64.1 Å². The van der Waals surface area contributed by atoms with Crippen LogP contribution in [0.4, 0.5) is 9.52 Å². The quantitative estimate of drug-likeness (QED) is 0.671. The Morgan fingerprint density at radius 1 is 1.27 bits per heavy atom. The van der Waals surface area contributed by atoms with E-state index >= 15 is 0 Å². The van der Waals surface area contributed by atoms with Crippen LogP contribution in [0.5, 0.6) is 5.75 Å². The average Bonchev–Trinajstić information content (AvgIpc) is 3.02. The molecule has 5 nitrogen and oxygen atoms in total. The Hall–Kier alpha value is -2.51. The van der Waals surface area contributed by atoms with Gasteiger partial charge in [-0.1, -0.05) is 41.1 Å². The molecule has 0 saturated carbocycles. The van der Waals surface area contributed by atoms with Gasteiger partial charge in [0, 0.05) is 6.42 Å². The summed E-state index contributed by atoms with van der Waals surface area (Å²) in [6.45, 7) is 2.43. The fraction of sp³-hybridized carbons (Fsp3) is 0.167. The van der Waals surface area contributed by atoms with Crippen LogP contribution in [0.2, 0.25) is 5.02 Å². The van der Waals surface area contributed by atoms with Crippen molar-refractivity contribution in [3.63, 3.8) is 0 Å². The van der Waals surface area contributed by atoms with Crippen molar-refractivity contribution in [3.05, 3.63) is 69.4 Å². The van der Waals surface area contributed by atoms with Crippen LogP contribution >= 0.6 is 22.9 Å². The maximum absolute atomic E-state index is 13.8. The molecule has 0 spiro atoms. The van der Waals surface area contributed by atoms with E-state index in [1.807, 2.05) is 31.2 Å². The molecule has 0 aliphatic carbocycles. The van der Waals surface area contributed by atoms with Crippen molar-refractivity contribution in [3.8, 4) is 5.75 Å². The molecule has 1 amide bonds. The van der Waals surface area contributed by atoms with E-state index in [-0.39, 0.29) is 15.7 Å². The molecule has 1 heterocycles. The highest BCUT2D eigenvalue weighted by atomic mass is 35.5. The first-order valence-corrected chi connectivity index (χ1v) is 8.99. The molecule has 0 bridgehead atoms. The van der Waals surface area contributed by atoms with Gasteiger partial charge in [0.1, 0.15) is 16.6 Å². The lowest BCUT2D eigenvalue weighted by Gasteiger charge is -2.05. The second-order valence-corrected chi connectivity index (χ2v) is 6.94. The minimum absolute atomic E-state index is 0.0405. The molecule has 3 rings (SSSR count). The molecule has 0 unspecified atom stereocenters. The number of ether oxygens (including phenoxy) is 1. The van der Waals surface area contributed by atoms with Gasteiger partial charge in [-0.15, -0.1) is 10.2 Å². The molecular formula is C18H15ClFN3O2S. The van der Waals surface area contributed by atoms with E-state index in [1.165, 1.54) is 29.5 Å². The smallest absolute Gasteiger partial charge is 0.261 e. The number of carbonyl (C=O) groups is 1. The summed E-state index contributed by atoms with van der Waals surface area (Å²) in [5, 5.41) is 11.4. The van der Waals surface area contributed by atoms with E-state index in [1.54, 1.807) is 0 Å². The zero-order valence-corrected chi connectivity index (χ0v) is 15.4. The molecule has 0 saturated heterocycles. The van der Waals surface area contributed by atoms with Crippen molar-refractivity contribution in [1.82, 2.24) is 10.2 Å². The van der Waals surface area contributed by atoms with Crippen LogP contribution in [0.3, 0.4) is 0 Å². The number of rotatable bonds is 6. The lowest BCUT2D eigenvalue weighted by Crippen LogP contribution is -2.14. The van der Waals surface area contributed by atoms with Crippen molar-refractivity contribution in [2.24, 2.45) is 0 Å². The molecule has 3 aromatic rings. The fourth-order valence-corrected chi connectivity index (χ4v) is 3.21. The van der Waals surface area contributed by atoms with Crippen molar-refractivity contribution in [1.29, 1.82) is 0 Å². The first-order valence-electron chi connectivity index (χ1n) is 7.80. The van der Waals surface area contributed by atoms with E-state index in [0.717, 1.165) is 11.3 Å². The highest BCUT2D eigenvalue weighted by Gasteiger charge is 2.17. The third-order valence-electron chi connectivity index (χ3n) is 3.45.